The van der Waals surface area contributed by atoms with Crippen LogP contribution in [-0.2, 0) is 34.6 Å². The van der Waals surface area contributed by atoms with E-state index in [1.54, 1.807) is 23.5 Å². The zero-order valence-corrected chi connectivity index (χ0v) is 23.1. The molecule has 0 aliphatic rings. The van der Waals surface area contributed by atoms with E-state index in [9.17, 15) is 8.42 Å². The van der Waals surface area contributed by atoms with Gasteiger partial charge in [0.25, 0.3) is 0 Å². The topological polar surface area (TPSA) is 103 Å². The van der Waals surface area contributed by atoms with Crippen molar-refractivity contribution >= 4 is 39.5 Å². The molecule has 34 heavy (non-hydrogen) atoms. The van der Waals surface area contributed by atoms with Crippen LogP contribution in [0.5, 0.6) is 0 Å². The largest absolute Gasteiger partial charge is 0.464 e. The molecule has 0 atom stereocenters. The van der Waals surface area contributed by atoms with Crippen LogP contribution in [0.1, 0.15) is 23.0 Å². The van der Waals surface area contributed by atoms with Gasteiger partial charge in [-0.1, -0.05) is 0 Å². The Bertz CT molecular complexity index is 986. The normalized spacial score (nSPS) is 12.6. The summed E-state index contributed by atoms with van der Waals surface area (Å²) in [7, 11) is 4.62. The summed E-state index contributed by atoms with van der Waals surface area (Å²) in [6, 6.07) is 8.00. The third-order valence-electron chi connectivity index (χ3n) is 4.19. The molecule has 12 heteroatoms. The molecule has 0 amide bonds. The molecule has 0 saturated carbocycles. The van der Waals surface area contributed by atoms with Crippen LogP contribution < -0.4 is 10.0 Å². The number of furan rings is 2. The van der Waals surface area contributed by atoms with Gasteiger partial charge < -0.3 is 24.0 Å². The molecule has 9 nitrogen and oxygen atoms in total. The molecule has 0 aliphatic carbocycles. The predicted molar refractivity (Wildman–Crippen MR) is 143 cm³/mol. The third kappa shape index (κ3) is 12.7. The van der Waals surface area contributed by atoms with Crippen molar-refractivity contribution in [2.75, 3.05) is 59.0 Å². The molecule has 2 aromatic heterocycles. The molecule has 2 heterocycles. The Balaban J connectivity index is 1.69. The fourth-order valence-corrected chi connectivity index (χ4v) is 4.86. The molecule has 0 spiro atoms. The maximum Gasteiger partial charge on any atom is 0.232 e. The monoisotopic (exact) mass is 531 g/mol. The summed E-state index contributed by atoms with van der Waals surface area (Å²) in [5, 5.41) is 3.09. The van der Waals surface area contributed by atoms with Gasteiger partial charge in [0.2, 0.25) is 16.0 Å². The molecule has 2 rings (SSSR count). The van der Waals surface area contributed by atoms with Crippen LogP contribution in [0.3, 0.4) is 0 Å². The Labute approximate surface area is 212 Å². The van der Waals surface area contributed by atoms with Crippen LogP contribution >= 0.6 is 23.5 Å². The number of rotatable bonds is 15. The zero-order chi connectivity index (χ0) is 25.0. The fourth-order valence-electron chi connectivity index (χ4n) is 2.90. The van der Waals surface area contributed by atoms with Crippen LogP contribution in [0.2, 0.25) is 0 Å². The van der Waals surface area contributed by atoms with E-state index in [1.807, 2.05) is 52.5 Å². The Morgan fingerprint density at radius 1 is 0.882 bits per heavy atom. The first-order valence-corrected chi connectivity index (χ1v) is 15.2. The molecule has 0 aromatic carbocycles. The minimum atomic E-state index is -3.40. The van der Waals surface area contributed by atoms with Gasteiger partial charge in [0.15, 0.2) is 0 Å². The van der Waals surface area contributed by atoms with Crippen molar-refractivity contribution in [1.82, 2.24) is 19.8 Å². The quantitative estimate of drug-likeness (QED) is 0.204. The Morgan fingerprint density at radius 2 is 1.38 bits per heavy atom. The van der Waals surface area contributed by atoms with Crippen molar-refractivity contribution in [3.05, 3.63) is 47.3 Å². The molecular weight excluding hydrogens is 494 g/mol. The van der Waals surface area contributed by atoms with Crippen molar-refractivity contribution in [1.29, 1.82) is 0 Å². The van der Waals surface area contributed by atoms with Crippen LogP contribution in [0.25, 0.3) is 0 Å². The van der Waals surface area contributed by atoms with Gasteiger partial charge in [0.1, 0.15) is 23.0 Å². The Kier molecular flexibility index (Phi) is 12.4. The number of nitrogens with zero attached hydrogens (tertiary/aromatic N) is 3. The summed E-state index contributed by atoms with van der Waals surface area (Å²) >= 11 is 3.41. The van der Waals surface area contributed by atoms with Gasteiger partial charge in [-0.3, -0.25) is 9.71 Å². The standard InChI is InChI=1S/C22H37N5O4S3/c1-26(2)14-18-6-8-20(30-18)16-32-12-10-23-22(25-34(5,28)29)24-11-13-33-17-21-9-7-19(31-21)15-27(3)4/h6-9H,10-17H2,1-5H3,(H2,23,24,25). The number of hydrogen-bond acceptors (Lipinski definition) is 9. The van der Waals surface area contributed by atoms with Gasteiger partial charge in [-0.15, -0.1) is 0 Å². The maximum atomic E-state index is 11.7. The van der Waals surface area contributed by atoms with Gasteiger partial charge in [-0.25, -0.2) is 8.42 Å². The zero-order valence-electron chi connectivity index (χ0n) is 20.7. The summed E-state index contributed by atoms with van der Waals surface area (Å²) in [4.78, 5) is 8.52. The van der Waals surface area contributed by atoms with Crippen LogP contribution in [0, 0.1) is 0 Å². The summed E-state index contributed by atoms with van der Waals surface area (Å²) in [5.74, 6) is 7.10. The fraction of sp³-hybridized carbons (Fsp3) is 0.591. The number of nitrogens with one attached hydrogen (secondary N) is 2. The molecule has 2 N–H and O–H groups in total. The first kappa shape index (κ1) is 28.6. The van der Waals surface area contributed by atoms with E-state index in [0.29, 0.717) is 13.1 Å². The first-order valence-electron chi connectivity index (χ1n) is 11.0. The second-order valence-electron chi connectivity index (χ2n) is 8.35. The molecule has 192 valence electrons. The average Bonchev–Trinajstić information content (AvgIpc) is 3.34. The van der Waals surface area contributed by atoms with Crippen LogP contribution in [-0.4, -0.2) is 83.2 Å². The lowest BCUT2D eigenvalue weighted by Gasteiger charge is -2.11. The highest BCUT2D eigenvalue weighted by molar-refractivity contribution is 7.98. The van der Waals surface area contributed by atoms with E-state index >= 15 is 0 Å². The van der Waals surface area contributed by atoms with Gasteiger partial charge >= 0.3 is 0 Å². The van der Waals surface area contributed by atoms with Gasteiger partial charge in [-0.05, 0) is 52.5 Å². The second kappa shape index (κ2) is 14.7. The lowest BCUT2D eigenvalue weighted by atomic mass is 10.4. The second-order valence-corrected chi connectivity index (χ2v) is 12.3. The van der Waals surface area contributed by atoms with E-state index in [4.69, 9.17) is 8.83 Å². The summed E-state index contributed by atoms with van der Waals surface area (Å²) in [5.41, 5.74) is 0. The number of thioether (sulfide) groups is 2. The van der Waals surface area contributed by atoms with Crippen molar-refractivity contribution in [2.45, 2.75) is 24.6 Å². The molecule has 0 unspecified atom stereocenters. The van der Waals surface area contributed by atoms with Crippen LogP contribution in [0.15, 0.2) is 38.1 Å². The highest BCUT2D eigenvalue weighted by atomic mass is 32.2. The number of hydrogen-bond donors (Lipinski definition) is 2. The maximum absolute atomic E-state index is 11.7. The predicted octanol–water partition coefficient (Wildman–Crippen LogP) is 2.66. The van der Waals surface area contributed by atoms with Crippen molar-refractivity contribution in [3.8, 4) is 0 Å². The summed E-state index contributed by atoms with van der Waals surface area (Å²) in [6.45, 7) is 2.64. The highest BCUT2D eigenvalue weighted by Gasteiger charge is 2.08. The summed E-state index contributed by atoms with van der Waals surface area (Å²) in [6.07, 6.45) is 1.12. The molecule has 0 bridgehead atoms. The molecule has 0 fully saturated rings. The summed E-state index contributed by atoms with van der Waals surface area (Å²) < 4.78 is 37.4. The lowest BCUT2D eigenvalue weighted by molar-refractivity contribution is 0.344. The van der Waals surface area contributed by atoms with Gasteiger partial charge in [-0.2, -0.15) is 23.5 Å². The van der Waals surface area contributed by atoms with E-state index in [1.165, 1.54) is 0 Å². The molecular formula is C22H37N5O4S3. The molecule has 2 aromatic rings. The number of guanidine groups is 1. The smallest absolute Gasteiger partial charge is 0.232 e. The highest BCUT2D eigenvalue weighted by Crippen LogP contribution is 2.17. The van der Waals surface area contributed by atoms with Crippen molar-refractivity contribution in [2.24, 2.45) is 4.99 Å². The Morgan fingerprint density at radius 3 is 1.88 bits per heavy atom. The minimum Gasteiger partial charge on any atom is -0.464 e. The van der Waals surface area contributed by atoms with Crippen molar-refractivity contribution < 1.29 is 17.3 Å². The molecule has 0 radical (unpaired) electrons. The average molecular weight is 532 g/mol. The van der Waals surface area contributed by atoms with E-state index in [-0.39, 0.29) is 5.96 Å². The Hall–Kier alpha value is -1.60. The van der Waals surface area contributed by atoms with Crippen molar-refractivity contribution in [3.63, 3.8) is 0 Å². The molecule has 0 aliphatic heterocycles. The first-order chi connectivity index (χ1) is 16.1. The molecule has 0 saturated heterocycles. The van der Waals surface area contributed by atoms with Crippen LogP contribution in [0.4, 0.5) is 0 Å². The minimum absolute atomic E-state index is 0.279. The van der Waals surface area contributed by atoms with Gasteiger partial charge in [0, 0.05) is 18.1 Å². The third-order valence-corrected chi connectivity index (χ3v) is 6.70. The lowest BCUT2D eigenvalue weighted by Crippen LogP contribution is -2.41. The SMILES string of the molecule is CN(C)Cc1ccc(CSCCN=C(NCCSCc2ccc(CN(C)C)o2)NS(C)(=O)=O)o1. The van der Waals surface area contributed by atoms with E-state index in [0.717, 1.165) is 65.4 Å². The van der Waals surface area contributed by atoms with Gasteiger partial charge in [0.05, 0.1) is 37.4 Å². The van der Waals surface area contributed by atoms with E-state index < -0.39 is 10.0 Å². The number of sulfonamides is 1. The van der Waals surface area contributed by atoms with E-state index in [2.05, 4.69) is 24.8 Å². The number of aliphatic imine (C=N–C) groups is 1.